The summed E-state index contributed by atoms with van der Waals surface area (Å²) in [7, 11) is 0. The Morgan fingerprint density at radius 3 is 2.52 bits per heavy atom. The van der Waals surface area contributed by atoms with Crippen molar-refractivity contribution in [3.63, 3.8) is 0 Å². The van der Waals surface area contributed by atoms with Crippen molar-refractivity contribution in [2.45, 2.75) is 6.92 Å². The maximum absolute atomic E-state index is 12.5. The van der Waals surface area contributed by atoms with Crippen molar-refractivity contribution in [3.05, 3.63) is 51.8 Å². The molecule has 0 aliphatic carbocycles. The first-order valence-corrected chi connectivity index (χ1v) is 6.68. The van der Waals surface area contributed by atoms with Gasteiger partial charge in [0.2, 0.25) is 11.7 Å². The molecule has 5 nitrogen and oxygen atoms in total. The van der Waals surface area contributed by atoms with Crippen molar-refractivity contribution in [3.8, 4) is 0 Å². The van der Waals surface area contributed by atoms with E-state index in [0.717, 1.165) is 0 Å². The monoisotopic (exact) mass is 323 g/mol. The van der Waals surface area contributed by atoms with Crippen LogP contribution in [0.1, 0.15) is 23.0 Å². The molecule has 2 aromatic rings. The third kappa shape index (κ3) is 3.32. The lowest BCUT2D eigenvalue weighted by molar-refractivity contribution is -0.114. The summed E-state index contributed by atoms with van der Waals surface area (Å²) in [6.45, 7) is 1.32. The van der Waals surface area contributed by atoms with Crippen LogP contribution in [0, 0.1) is 0 Å². The van der Waals surface area contributed by atoms with Crippen LogP contribution in [0.15, 0.2) is 30.3 Å². The SMILES string of the molecule is CC(=O)Nc1cc(Cl)nc(C(=O)c2ccccc2Cl)c1N. The Morgan fingerprint density at radius 2 is 1.90 bits per heavy atom. The largest absolute Gasteiger partial charge is 0.395 e. The van der Waals surface area contributed by atoms with Gasteiger partial charge in [-0.1, -0.05) is 35.3 Å². The molecule has 0 saturated heterocycles. The van der Waals surface area contributed by atoms with Gasteiger partial charge >= 0.3 is 0 Å². The molecule has 0 saturated carbocycles. The lowest BCUT2D eigenvalue weighted by Gasteiger charge is -2.11. The van der Waals surface area contributed by atoms with E-state index in [9.17, 15) is 9.59 Å². The zero-order valence-corrected chi connectivity index (χ0v) is 12.5. The van der Waals surface area contributed by atoms with E-state index >= 15 is 0 Å². The standard InChI is InChI=1S/C14H11Cl2N3O2/c1-7(20)18-10-6-11(16)19-13(12(10)17)14(21)8-4-2-3-5-9(8)15/h2-6H,17H2,1H3,(H,18,19,20). The Hall–Kier alpha value is -2.11. The van der Waals surface area contributed by atoms with Crippen LogP contribution in [0.4, 0.5) is 11.4 Å². The topological polar surface area (TPSA) is 85.1 Å². The second-order valence-electron chi connectivity index (χ2n) is 4.24. The molecule has 1 aromatic carbocycles. The predicted molar refractivity (Wildman–Crippen MR) is 82.8 cm³/mol. The molecule has 0 bridgehead atoms. The molecule has 0 spiro atoms. The molecular formula is C14H11Cl2N3O2. The highest BCUT2D eigenvalue weighted by atomic mass is 35.5. The highest BCUT2D eigenvalue weighted by Gasteiger charge is 2.20. The molecule has 108 valence electrons. The first-order valence-electron chi connectivity index (χ1n) is 5.93. The summed E-state index contributed by atoms with van der Waals surface area (Å²) in [5.74, 6) is -0.799. The molecule has 2 rings (SSSR count). The number of pyridine rings is 1. The third-order valence-electron chi connectivity index (χ3n) is 2.67. The van der Waals surface area contributed by atoms with Crippen molar-refractivity contribution in [2.24, 2.45) is 0 Å². The van der Waals surface area contributed by atoms with Crippen molar-refractivity contribution in [2.75, 3.05) is 11.1 Å². The van der Waals surface area contributed by atoms with E-state index in [4.69, 9.17) is 28.9 Å². The van der Waals surface area contributed by atoms with Crippen molar-refractivity contribution in [1.29, 1.82) is 0 Å². The minimum absolute atomic E-state index is 0.0412. The summed E-state index contributed by atoms with van der Waals surface area (Å²) in [5, 5.41) is 2.83. The fourth-order valence-electron chi connectivity index (χ4n) is 1.76. The van der Waals surface area contributed by atoms with Gasteiger partial charge in [-0.2, -0.15) is 0 Å². The molecule has 1 heterocycles. The van der Waals surface area contributed by atoms with Gasteiger partial charge in [-0.3, -0.25) is 9.59 Å². The molecule has 0 unspecified atom stereocenters. The van der Waals surface area contributed by atoms with E-state index in [1.165, 1.54) is 13.0 Å². The number of aromatic nitrogens is 1. The number of rotatable bonds is 3. The molecule has 0 aliphatic heterocycles. The average molecular weight is 324 g/mol. The number of nitrogens with one attached hydrogen (secondary N) is 1. The number of carbonyl (C=O) groups excluding carboxylic acids is 2. The molecule has 0 atom stereocenters. The Labute approximate surface area is 131 Å². The van der Waals surface area contributed by atoms with E-state index in [1.54, 1.807) is 24.3 Å². The number of hydrogen-bond donors (Lipinski definition) is 2. The van der Waals surface area contributed by atoms with Gasteiger partial charge in [0, 0.05) is 18.6 Å². The van der Waals surface area contributed by atoms with Gasteiger partial charge in [0.05, 0.1) is 16.4 Å². The highest BCUT2D eigenvalue weighted by molar-refractivity contribution is 6.35. The van der Waals surface area contributed by atoms with Crippen molar-refractivity contribution in [1.82, 2.24) is 4.98 Å². The zero-order chi connectivity index (χ0) is 15.6. The quantitative estimate of drug-likeness (QED) is 0.671. The summed E-state index contributed by atoms with van der Waals surface area (Å²) in [6, 6.07) is 7.90. The lowest BCUT2D eigenvalue weighted by Crippen LogP contribution is -2.14. The van der Waals surface area contributed by atoms with Crippen molar-refractivity contribution < 1.29 is 9.59 Å². The Balaban J connectivity index is 2.54. The number of halogens is 2. The molecule has 1 amide bonds. The molecule has 3 N–H and O–H groups in total. The molecule has 1 aromatic heterocycles. The summed E-state index contributed by atoms with van der Waals surface area (Å²) in [5.41, 5.74) is 6.37. The molecule has 21 heavy (non-hydrogen) atoms. The van der Waals surface area contributed by atoms with Crippen LogP contribution in [0.2, 0.25) is 10.2 Å². The number of amides is 1. The average Bonchev–Trinajstić information content (AvgIpc) is 2.41. The van der Waals surface area contributed by atoms with Crippen molar-refractivity contribution >= 4 is 46.3 Å². The highest BCUT2D eigenvalue weighted by Crippen LogP contribution is 2.28. The van der Waals surface area contributed by atoms with E-state index in [0.29, 0.717) is 0 Å². The van der Waals surface area contributed by atoms with Gasteiger partial charge in [-0.15, -0.1) is 0 Å². The van der Waals surface area contributed by atoms with Crippen LogP contribution < -0.4 is 11.1 Å². The number of anilines is 2. The second-order valence-corrected chi connectivity index (χ2v) is 5.04. The van der Waals surface area contributed by atoms with E-state index in [2.05, 4.69) is 10.3 Å². The van der Waals surface area contributed by atoms with Crippen LogP contribution in [0.25, 0.3) is 0 Å². The summed E-state index contributed by atoms with van der Waals surface area (Å²) in [6.07, 6.45) is 0. The van der Waals surface area contributed by atoms with Gasteiger partial charge in [-0.05, 0) is 12.1 Å². The summed E-state index contributed by atoms with van der Waals surface area (Å²) >= 11 is 11.9. The molecule has 0 radical (unpaired) electrons. The van der Waals surface area contributed by atoms with Crippen LogP contribution in [0.3, 0.4) is 0 Å². The van der Waals surface area contributed by atoms with Gasteiger partial charge < -0.3 is 11.1 Å². The van der Waals surface area contributed by atoms with Crippen LogP contribution in [-0.4, -0.2) is 16.7 Å². The lowest BCUT2D eigenvalue weighted by atomic mass is 10.1. The minimum Gasteiger partial charge on any atom is -0.395 e. The van der Waals surface area contributed by atoms with E-state index in [-0.39, 0.29) is 38.7 Å². The fourth-order valence-corrected chi connectivity index (χ4v) is 2.18. The van der Waals surface area contributed by atoms with Gasteiger partial charge in [0.15, 0.2) is 0 Å². The van der Waals surface area contributed by atoms with Crippen LogP contribution in [0.5, 0.6) is 0 Å². The molecule has 0 aliphatic rings. The first-order chi connectivity index (χ1) is 9.90. The molecule has 0 fully saturated rings. The Kier molecular flexibility index (Phi) is 4.45. The van der Waals surface area contributed by atoms with Crippen LogP contribution in [-0.2, 0) is 4.79 Å². The first kappa shape index (κ1) is 15.3. The third-order valence-corrected chi connectivity index (χ3v) is 3.19. The van der Waals surface area contributed by atoms with Gasteiger partial charge in [0.25, 0.3) is 0 Å². The second kappa shape index (κ2) is 6.11. The number of benzene rings is 1. The van der Waals surface area contributed by atoms with Gasteiger partial charge in [0.1, 0.15) is 10.8 Å². The predicted octanol–water partition coefficient (Wildman–Crippen LogP) is 3.16. The van der Waals surface area contributed by atoms with E-state index in [1.807, 2.05) is 0 Å². The van der Waals surface area contributed by atoms with Gasteiger partial charge in [-0.25, -0.2) is 4.98 Å². The number of ketones is 1. The minimum atomic E-state index is -0.466. The smallest absolute Gasteiger partial charge is 0.221 e. The number of nitrogen functional groups attached to an aromatic ring is 1. The number of hydrogen-bond acceptors (Lipinski definition) is 4. The Bertz CT molecular complexity index is 732. The number of nitrogens with zero attached hydrogens (tertiary/aromatic N) is 1. The Morgan fingerprint density at radius 1 is 1.24 bits per heavy atom. The summed E-state index contributed by atoms with van der Waals surface area (Å²) in [4.78, 5) is 27.6. The molecule has 7 heteroatoms. The fraction of sp³-hybridized carbons (Fsp3) is 0.0714. The number of carbonyl (C=O) groups is 2. The van der Waals surface area contributed by atoms with E-state index < -0.39 is 5.78 Å². The zero-order valence-electron chi connectivity index (χ0n) is 11.0. The summed E-state index contributed by atoms with van der Waals surface area (Å²) < 4.78 is 0. The normalized spacial score (nSPS) is 10.2. The maximum atomic E-state index is 12.5. The maximum Gasteiger partial charge on any atom is 0.221 e. The number of nitrogens with two attached hydrogens (primary N) is 1. The van der Waals surface area contributed by atoms with Crippen LogP contribution >= 0.6 is 23.2 Å². The molecular weight excluding hydrogens is 313 g/mol.